The molecule has 2 heterocycles. The summed E-state index contributed by atoms with van der Waals surface area (Å²) in [7, 11) is 3.37. The van der Waals surface area contributed by atoms with Gasteiger partial charge in [-0.2, -0.15) is 0 Å². The molecule has 6 nitrogen and oxygen atoms in total. The molecule has 1 unspecified atom stereocenters. The summed E-state index contributed by atoms with van der Waals surface area (Å²) in [5.74, 6) is 1.76. The molecular formula is C29H31N3O3. The van der Waals surface area contributed by atoms with Gasteiger partial charge in [0.25, 0.3) is 0 Å². The van der Waals surface area contributed by atoms with Gasteiger partial charge in [0.15, 0.2) is 0 Å². The van der Waals surface area contributed by atoms with Crippen LogP contribution < -0.4 is 14.4 Å². The fraction of sp³-hybridized carbons (Fsp3) is 0.276. The van der Waals surface area contributed by atoms with Crippen molar-refractivity contribution in [3.8, 4) is 11.5 Å². The Morgan fingerprint density at radius 3 is 2.49 bits per heavy atom. The average Bonchev–Trinajstić information content (AvgIpc) is 3.35. The first-order chi connectivity index (χ1) is 17.2. The second-order valence-electron chi connectivity index (χ2n) is 8.86. The first-order valence-electron chi connectivity index (χ1n) is 12.0. The van der Waals surface area contributed by atoms with Crippen LogP contribution in [0.2, 0.25) is 0 Å². The van der Waals surface area contributed by atoms with Crippen LogP contribution in [0.25, 0.3) is 10.9 Å². The van der Waals surface area contributed by atoms with Gasteiger partial charge in [-0.15, -0.1) is 0 Å². The van der Waals surface area contributed by atoms with Gasteiger partial charge in [0.05, 0.1) is 19.9 Å². The summed E-state index contributed by atoms with van der Waals surface area (Å²) in [6.07, 6.45) is 2.45. The van der Waals surface area contributed by atoms with Gasteiger partial charge < -0.3 is 24.3 Å². The van der Waals surface area contributed by atoms with Gasteiger partial charge in [-0.1, -0.05) is 42.5 Å². The van der Waals surface area contributed by atoms with Crippen molar-refractivity contribution in [3.05, 3.63) is 90.1 Å². The third kappa shape index (κ3) is 4.69. The number of nitrogens with one attached hydrogen (secondary N) is 1. The first kappa shape index (κ1) is 22.8. The number of fused-ring (bicyclic) bond motifs is 1. The average molecular weight is 470 g/mol. The van der Waals surface area contributed by atoms with Crippen molar-refractivity contribution in [2.24, 2.45) is 0 Å². The molecule has 6 heteroatoms. The highest BCUT2D eigenvalue weighted by Crippen LogP contribution is 2.35. The minimum atomic E-state index is -0.0685. The van der Waals surface area contributed by atoms with E-state index in [1.54, 1.807) is 14.2 Å². The predicted octanol–water partition coefficient (Wildman–Crippen LogP) is 5.06. The molecule has 0 saturated carbocycles. The van der Waals surface area contributed by atoms with Crippen LogP contribution in [0, 0.1) is 0 Å². The molecule has 1 atom stereocenters. The zero-order chi connectivity index (χ0) is 24.2. The van der Waals surface area contributed by atoms with Crippen molar-refractivity contribution in [2.75, 3.05) is 45.3 Å². The molecule has 35 heavy (non-hydrogen) atoms. The molecule has 1 fully saturated rings. The smallest absolute Gasteiger partial charge is 0.223 e. The summed E-state index contributed by atoms with van der Waals surface area (Å²) in [5, 5.41) is 1.15. The molecule has 1 N–H and O–H groups in total. The molecule has 1 amide bonds. The summed E-state index contributed by atoms with van der Waals surface area (Å²) >= 11 is 0. The Labute approximate surface area is 206 Å². The van der Waals surface area contributed by atoms with Crippen molar-refractivity contribution < 1.29 is 14.3 Å². The predicted molar refractivity (Wildman–Crippen MR) is 140 cm³/mol. The highest BCUT2D eigenvalue weighted by Gasteiger charge is 2.27. The molecule has 3 aromatic carbocycles. The highest BCUT2D eigenvalue weighted by atomic mass is 16.5. The number of aromatic amines is 1. The molecule has 1 aromatic heterocycles. The maximum absolute atomic E-state index is 13.6. The van der Waals surface area contributed by atoms with E-state index >= 15 is 0 Å². The van der Waals surface area contributed by atoms with Crippen molar-refractivity contribution in [1.82, 2.24) is 9.88 Å². The number of ether oxygens (including phenoxy) is 2. The Morgan fingerprint density at radius 1 is 0.914 bits per heavy atom. The van der Waals surface area contributed by atoms with E-state index in [1.807, 2.05) is 59.6 Å². The van der Waals surface area contributed by atoms with Crippen molar-refractivity contribution in [2.45, 2.75) is 12.3 Å². The molecular weight excluding hydrogens is 438 g/mol. The molecule has 0 radical (unpaired) electrons. The number of nitrogens with zero attached hydrogens (tertiary/aromatic N) is 2. The van der Waals surface area contributed by atoms with Gasteiger partial charge in [0, 0.05) is 55.6 Å². The third-order valence-corrected chi connectivity index (χ3v) is 6.93. The molecule has 0 spiro atoms. The minimum absolute atomic E-state index is 0.0685. The van der Waals surface area contributed by atoms with Crippen LogP contribution in [0.3, 0.4) is 0 Å². The zero-order valence-electron chi connectivity index (χ0n) is 20.2. The Bertz CT molecular complexity index is 1310. The quantitative estimate of drug-likeness (QED) is 0.411. The molecule has 0 aliphatic carbocycles. The number of carbonyl (C=O) groups excluding carboxylic acids is 1. The van der Waals surface area contributed by atoms with E-state index in [1.165, 1.54) is 0 Å². The van der Waals surface area contributed by atoms with Crippen LogP contribution in [0.5, 0.6) is 11.5 Å². The first-order valence-corrected chi connectivity index (χ1v) is 12.0. The maximum Gasteiger partial charge on any atom is 0.223 e. The molecule has 0 bridgehead atoms. The largest absolute Gasteiger partial charge is 0.497 e. The SMILES string of the molecule is COc1cccc(C(CC(=O)N2CCN(c3ccccc3OC)CC2)c2c[nH]c3ccccc23)c1. The van der Waals surface area contributed by atoms with Crippen LogP contribution in [0.1, 0.15) is 23.5 Å². The van der Waals surface area contributed by atoms with Crippen molar-refractivity contribution in [3.63, 3.8) is 0 Å². The monoisotopic (exact) mass is 469 g/mol. The number of hydrogen-bond acceptors (Lipinski definition) is 4. The number of methoxy groups -OCH3 is 2. The van der Waals surface area contributed by atoms with Crippen LogP contribution in [-0.2, 0) is 4.79 Å². The van der Waals surface area contributed by atoms with E-state index in [-0.39, 0.29) is 11.8 Å². The summed E-state index contributed by atoms with van der Waals surface area (Å²) in [5.41, 5.74) is 4.37. The normalized spacial score (nSPS) is 14.7. The number of anilines is 1. The molecule has 180 valence electrons. The molecule has 5 rings (SSSR count). The fourth-order valence-corrected chi connectivity index (χ4v) is 5.04. The molecule has 1 aliphatic rings. The standard InChI is InChI=1S/C29H31N3O3/c1-34-22-9-7-8-21(18-22)24(25-20-30-26-11-4-3-10-23(25)26)19-29(33)32-16-14-31(15-17-32)27-12-5-6-13-28(27)35-2/h3-13,18,20,24,30H,14-17,19H2,1-2H3. The van der Waals surface area contributed by atoms with Gasteiger partial charge in [-0.3, -0.25) is 4.79 Å². The molecule has 1 saturated heterocycles. The van der Waals surface area contributed by atoms with E-state index < -0.39 is 0 Å². The summed E-state index contributed by atoms with van der Waals surface area (Å²) in [6, 6.07) is 24.4. The number of piperazine rings is 1. The van der Waals surface area contributed by atoms with Crippen LogP contribution in [0.15, 0.2) is 79.0 Å². The number of rotatable bonds is 7. The van der Waals surface area contributed by atoms with Gasteiger partial charge in [-0.05, 0) is 41.5 Å². The lowest BCUT2D eigenvalue weighted by atomic mass is 9.87. The number of H-pyrrole nitrogens is 1. The van der Waals surface area contributed by atoms with E-state index in [2.05, 4.69) is 34.1 Å². The number of amides is 1. The highest BCUT2D eigenvalue weighted by molar-refractivity contribution is 5.86. The van der Waals surface area contributed by atoms with E-state index in [0.717, 1.165) is 52.3 Å². The lowest BCUT2D eigenvalue weighted by Gasteiger charge is -2.37. The number of benzene rings is 3. The summed E-state index contributed by atoms with van der Waals surface area (Å²) in [4.78, 5) is 21.2. The minimum Gasteiger partial charge on any atom is -0.497 e. The zero-order valence-corrected chi connectivity index (χ0v) is 20.2. The molecule has 4 aromatic rings. The topological polar surface area (TPSA) is 57.8 Å². The summed E-state index contributed by atoms with van der Waals surface area (Å²) < 4.78 is 11.0. The lowest BCUT2D eigenvalue weighted by Crippen LogP contribution is -2.49. The van der Waals surface area contributed by atoms with Gasteiger partial charge >= 0.3 is 0 Å². The fourth-order valence-electron chi connectivity index (χ4n) is 5.04. The Kier molecular flexibility index (Phi) is 6.62. The van der Waals surface area contributed by atoms with Crippen LogP contribution in [-0.4, -0.2) is 56.2 Å². The van der Waals surface area contributed by atoms with E-state index in [9.17, 15) is 4.79 Å². The lowest BCUT2D eigenvalue weighted by molar-refractivity contribution is -0.131. The number of hydrogen-bond donors (Lipinski definition) is 1. The van der Waals surface area contributed by atoms with Gasteiger partial charge in [0.1, 0.15) is 11.5 Å². The number of para-hydroxylation sites is 3. The maximum atomic E-state index is 13.6. The van der Waals surface area contributed by atoms with Gasteiger partial charge in [-0.25, -0.2) is 0 Å². The van der Waals surface area contributed by atoms with Gasteiger partial charge in [0.2, 0.25) is 5.91 Å². The number of aromatic nitrogens is 1. The van der Waals surface area contributed by atoms with Crippen molar-refractivity contribution >= 4 is 22.5 Å². The second-order valence-corrected chi connectivity index (χ2v) is 8.86. The Morgan fingerprint density at radius 2 is 1.69 bits per heavy atom. The Balaban J connectivity index is 1.36. The van der Waals surface area contributed by atoms with E-state index in [4.69, 9.17) is 9.47 Å². The van der Waals surface area contributed by atoms with Crippen molar-refractivity contribution in [1.29, 1.82) is 0 Å². The summed E-state index contributed by atoms with van der Waals surface area (Å²) in [6.45, 7) is 2.94. The van der Waals surface area contributed by atoms with Crippen LogP contribution in [0.4, 0.5) is 5.69 Å². The Hall–Kier alpha value is -3.93. The second kappa shape index (κ2) is 10.1. The molecule has 1 aliphatic heterocycles. The third-order valence-electron chi connectivity index (χ3n) is 6.93. The van der Waals surface area contributed by atoms with Crippen LogP contribution >= 0.6 is 0 Å². The number of carbonyl (C=O) groups is 1. The van der Waals surface area contributed by atoms with E-state index in [0.29, 0.717) is 19.5 Å².